The van der Waals surface area contributed by atoms with Gasteiger partial charge >= 0.3 is 11.9 Å². The third-order valence-electron chi connectivity index (χ3n) is 5.15. The summed E-state index contributed by atoms with van der Waals surface area (Å²) in [7, 11) is 0. The van der Waals surface area contributed by atoms with Gasteiger partial charge in [0.05, 0.1) is 6.04 Å². The van der Waals surface area contributed by atoms with Crippen LogP contribution in [0.2, 0.25) is 0 Å². The van der Waals surface area contributed by atoms with E-state index in [1.165, 1.54) is 18.7 Å². The third-order valence-corrected chi connectivity index (χ3v) is 5.15. The minimum Gasteiger partial charge on any atom is -0.480 e. The molecule has 1 amide bonds. The van der Waals surface area contributed by atoms with Crippen molar-refractivity contribution in [1.82, 2.24) is 10.2 Å². The van der Waals surface area contributed by atoms with Crippen LogP contribution in [0.25, 0.3) is 0 Å². The van der Waals surface area contributed by atoms with E-state index < -0.39 is 29.6 Å². The summed E-state index contributed by atoms with van der Waals surface area (Å²) in [5.41, 5.74) is -0.296. The number of likely N-dealkylation sites (tertiary alicyclic amines) is 1. The van der Waals surface area contributed by atoms with Crippen molar-refractivity contribution in [3.63, 3.8) is 0 Å². The van der Waals surface area contributed by atoms with E-state index in [0.29, 0.717) is 32.2 Å². The topological polar surface area (TPSA) is 107 Å². The fourth-order valence-electron chi connectivity index (χ4n) is 3.34. The van der Waals surface area contributed by atoms with E-state index >= 15 is 0 Å². The first-order valence-electron chi connectivity index (χ1n) is 9.31. The maximum Gasteiger partial charge on any atom is 0.329 e. The second-order valence-corrected chi connectivity index (χ2v) is 7.48. The van der Waals surface area contributed by atoms with Crippen LogP contribution in [-0.4, -0.2) is 57.1 Å². The van der Waals surface area contributed by atoms with Crippen LogP contribution in [0.15, 0.2) is 30.3 Å². The summed E-state index contributed by atoms with van der Waals surface area (Å²) in [6.45, 7) is 3.36. The minimum absolute atomic E-state index is 0.342. The molecule has 1 saturated heterocycles. The van der Waals surface area contributed by atoms with Crippen molar-refractivity contribution in [1.29, 1.82) is 0 Å². The van der Waals surface area contributed by atoms with Gasteiger partial charge in [-0.1, -0.05) is 30.3 Å². The smallest absolute Gasteiger partial charge is 0.329 e. The molecule has 7 heteroatoms. The lowest BCUT2D eigenvalue weighted by Gasteiger charge is -2.36. The Labute approximate surface area is 159 Å². The monoisotopic (exact) mass is 376 g/mol. The number of carboxylic acid groups (broad SMARTS) is 2. The van der Waals surface area contributed by atoms with Crippen LogP contribution < -0.4 is 5.32 Å². The number of hydrogen-bond acceptors (Lipinski definition) is 4. The molecule has 2 atom stereocenters. The fraction of sp³-hybridized carbons (Fsp3) is 0.550. The lowest BCUT2D eigenvalue weighted by molar-refractivity contribution is -0.157. The van der Waals surface area contributed by atoms with Gasteiger partial charge in [-0.2, -0.15) is 0 Å². The fourth-order valence-corrected chi connectivity index (χ4v) is 3.34. The molecule has 0 radical (unpaired) electrons. The van der Waals surface area contributed by atoms with Gasteiger partial charge in [-0.15, -0.1) is 0 Å². The summed E-state index contributed by atoms with van der Waals surface area (Å²) in [5, 5.41) is 22.0. The van der Waals surface area contributed by atoms with Crippen molar-refractivity contribution in [2.24, 2.45) is 0 Å². The van der Waals surface area contributed by atoms with E-state index in [-0.39, 0.29) is 5.91 Å². The van der Waals surface area contributed by atoms with Crippen molar-refractivity contribution in [2.45, 2.75) is 63.6 Å². The largest absolute Gasteiger partial charge is 0.480 e. The first-order valence-corrected chi connectivity index (χ1v) is 9.31. The first kappa shape index (κ1) is 20.9. The summed E-state index contributed by atoms with van der Waals surface area (Å²) in [6, 6.07) is 8.02. The molecule has 0 bridgehead atoms. The molecular weight excluding hydrogens is 348 g/mol. The Balaban J connectivity index is 2.09. The number of carbonyl (C=O) groups excluding carboxylic acids is 1. The second kappa shape index (κ2) is 8.99. The number of aryl methyl sites for hydroxylation is 1. The number of amides is 1. The van der Waals surface area contributed by atoms with Gasteiger partial charge in [-0.25, -0.2) is 4.79 Å². The molecule has 1 fully saturated rings. The molecule has 1 heterocycles. The average molecular weight is 376 g/mol. The van der Waals surface area contributed by atoms with Gasteiger partial charge in [0, 0.05) is 6.54 Å². The third kappa shape index (κ3) is 5.29. The first-order chi connectivity index (χ1) is 12.7. The summed E-state index contributed by atoms with van der Waals surface area (Å²) in [6.07, 6.45) is 2.87. The van der Waals surface area contributed by atoms with Crippen LogP contribution in [-0.2, 0) is 20.8 Å². The molecule has 148 valence electrons. The molecule has 1 unspecified atom stereocenters. The number of nitrogens with zero attached hydrogens (tertiary/aromatic N) is 1. The van der Waals surface area contributed by atoms with E-state index in [9.17, 15) is 24.6 Å². The Kier molecular flexibility index (Phi) is 6.96. The normalized spacial score (nSPS) is 19.4. The van der Waals surface area contributed by atoms with Crippen molar-refractivity contribution >= 4 is 17.8 Å². The maximum absolute atomic E-state index is 12.9. The van der Waals surface area contributed by atoms with Crippen LogP contribution in [0, 0.1) is 0 Å². The van der Waals surface area contributed by atoms with Gasteiger partial charge in [-0.3, -0.25) is 14.9 Å². The van der Waals surface area contributed by atoms with Crippen molar-refractivity contribution in [3.05, 3.63) is 35.9 Å². The summed E-state index contributed by atoms with van der Waals surface area (Å²) < 4.78 is 0. The summed E-state index contributed by atoms with van der Waals surface area (Å²) in [5.74, 6) is -2.42. The molecule has 2 rings (SSSR count). The predicted molar refractivity (Wildman–Crippen MR) is 100 cm³/mol. The average Bonchev–Trinajstić information content (AvgIpc) is 2.81. The highest BCUT2D eigenvalue weighted by molar-refractivity contribution is 5.89. The van der Waals surface area contributed by atoms with Crippen LogP contribution in [0.1, 0.15) is 45.1 Å². The SMILES string of the molecule is CC(C)(C(=O)O)N1CCCCC(N[C@@H](CCc2ccccc2)C(=O)O)C1=O. The Morgan fingerprint density at radius 3 is 2.48 bits per heavy atom. The highest BCUT2D eigenvalue weighted by Gasteiger charge is 2.41. The lowest BCUT2D eigenvalue weighted by atomic mass is 10.0. The molecule has 1 aliphatic heterocycles. The van der Waals surface area contributed by atoms with Gasteiger partial charge in [0.15, 0.2) is 0 Å². The Bertz CT molecular complexity index is 674. The van der Waals surface area contributed by atoms with Crippen molar-refractivity contribution < 1.29 is 24.6 Å². The number of aliphatic carboxylic acids is 2. The summed E-state index contributed by atoms with van der Waals surface area (Å²) in [4.78, 5) is 37.6. The zero-order chi connectivity index (χ0) is 20.0. The van der Waals surface area contributed by atoms with Crippen molar-refractivity contribution in [2.75, 3.05) is 6.54 Å². The molecule has 0 aromatic heterocycles. The number of carboxylic acids is 2. The number of nitrogens with one attached hydrogen (secondary N) is 1. The van der Waals surface area contributed by atoms with Gasteiger partial charge in [0.25, 0.3) is 0 Å². The summed E-state index contributed by atoms with van der Waals surface area (Å²) >= 11 is 0. The predicted octanol–water partition coefficient (Wildman–Crippen LogP) is 1.91. The number of rotatable bonds is 8. The Morgan fingerprint density at radius 2 is 1.89 bits per heavy atom. The molecule has 0 aliphatic carbocycles. The zero-order valence-corrected chi connectivity index (χ0v) is 15.9. The van der Waals surface area contributed by atoms with Crippen LogP contribution in [0.5, 0.6) is 0 Å². The van der Waals surface area contributed by atoms with Crippen molar-refractivity contribution in [3.8, 4) is 0 Å². The molecule has 1 aromatic carbocycles. The Morgan fingerprint density at radius 1 is 1.22 bits per heavy atom. The van der Waals surface area contributed by atoms with Gasteiger partial charge in [0.1, 0.15) is 11.6 Å². The van der Waals surface area contributed by atoms with Gasteiger partial charge in [-0.05, 0) is 51.5 Å². The quantitative estimate of drug-likeness (QED) is 0.640. The maximum atomic E-state index is 12.9. The van der Waals surface area contributed by atoms with Gasteiger partial charge in [0.2, 0.25) is 5.91 Å². The van der Waals surface area contributed by atoms with Gasteiger partial charge < -0.3 is 15.1 Å². The highest BCUT2D eigenvalue weighted by Crippen LogP contribution is 2.22. The molecule has 27 heavy (non-hydrogen) atoms. The number of benzene rings is 1. The zero-order valence-electron chi connectivity index (χ0n) is 15.9. The van der Waals surface area contributed by atoms with Crippen LogP contribution in [0.3, 0.4) is 0 Å². The van der Waals surface area contributed by atoms with Crippen LogP contribution >= 0.6 is 0 Å². The second-order valence-electron chi connectivity index (χ2n) is 7.48. The van der Waals surface area contributed by atoms with E-state index in [4.69, 9.17) is 0 Å². The van der Waals surface area contributed by atoms with E-state index in [1.807, 2.05) is 30.3 Å². The van der Waals surface area contributed by atoms with E-state index in [0.717, 1.165) is 12.0 Å². The minimum atomic E-state index is -1.33. The van der Waals surface area contributed by atoms with E-state index in [2.05, 4.69) is 5.32 Å². The van der Waals surface area contributed by atoms with Crippen LogP contribution in [0.4, 0.5) is 0 Å². The Hall–Kier alpha value is -2.41. The number of hydrogen-bond donors (Lipinski definition) is 3. The molecular formula is C20H28N2O5. The highest BCUT2D eigenvalue weighted by atomic mass is 16.4. The lowest BCUT2D eigenvalue weighted by Crippen LogP contribution is -2.59. The molecule has 1 aromatic rings. The molecule has 3 N–H and O–H groups in total. The molecule has 0 saturated carbocycles. The molecule has 0 spiro atoms. The van der Waals surface area contributed by atoms with E-state index in [1.54, 1.807) is 0 Å². The molecule has 1 aliphatic rings. The number of carbonyl (C=O) groups is 3. The standard InChI is InChI=1S/C20H28N2O5/c1-20(2,19(26)27)22-13-7-6-10-15(17(22)23)21-16(18(24)25)12-11-14-8-4-3-5-9-14/h3-5,8-9,15-16,21H,6-7,10-13H2,1-2H3,(H,24,25)(H,26,27)/t15?,16-/m0/s1. The molecule has 7 nitrogen and oxygen atoms in total.